The Balaban J connectivity index is 2.13. The van der Waals surface area contributed by atoms with Gasteiger partial charge in [-0.05, 0) is 31.0 Å². The molecule has 1 aliphatic heterocycles. The minimum Gasteiger partial charge on any atom is -0.363 e. The van der Waals surface area contributed by atoms with E-state index in [1.165, 1.54) is 0 Å². The van der Waals surface area contributed by atoms with Crippen LogP contribution in [-0.4, -0.2) is 38.1 Å². The summed E-state index contributed by atoms with van der Waals surface area (Å²) >= 11 is 5.09. The minimum atomic E-state index is -2.77. The molecule has 0 radical (unpaired) electrons. The molecule has 0 spiro atoms. The molecular formula is C10H20N2O2S2. The van der Waals surface area contributed by atoms with Crippen molar-refractivity contribution in [3.63, 3.8) is 0 Å². The van der Waals surface area contributed by atoms with E-state index >= 15 is 0 Å². The van der Waals surface area contributed by atoms with E-state index in [-0.39, 0.29) is 5.92 Å². The van der Waals surface area contributed by atoms with Crippen LogP contribution in [0.5, 0.6) is 0 Å². The van der Waals surface area contributed by atoms with Crippen LogP contribution in [0.1, 0.15) is 26.2 Å². The van der Waals surface area contributed by atoms with Gasteiger partial charge in [-0.2, -0.15) is 0 Å². The number of sulfone groups is 1. The van der Waals surface area contributed by atoms with Crippen molar-refractivity contribution in [2.24, 2.45) is 5.92 Å². The van der Waals surface area contributed by atoms with Crippen LogP contribution in [0.2, 0.25) is 0 Å². The molecule has 1 rings (SSSR count). The second-order valence-corrected chi connectivity index (χ2v) is 6.90. The predicted octanol–water partition coefficient (Wildman–Crippen LogP) is 0.685. The summed E-state index contributed by atoms with van der Waals surface area (Å²) < 4.78 is 22.4. The standard InChI is InChI=1S/C10H20N2O2S2/c1-2-3-5-11-10(15)12-7-9-4-6-16(13,14)8-9/h9H,2-8H2,1H3,(H2,11,12,15). The molecule has 1 fully saturated rings. The zero-order chi connectivity index (χ0) is 12.0. The molecule has 0 saturated carbocycles. The molecule has 0 aromatic carbocycles. The van der Waals surface area contributed by atoms with Gasteiger partial charge in [-0.3, -0.25) is 0 Å². The van der Waals surface area contributed by atoms with Crippen LogP contribution >= 0.6 is 12.2 Å². The van der Waals surface area contributed by atoms with Gasteiger partial charge in [0.2, 0.25) is 0 Å². The van der Waals surface area contributed by atoms with E-state index < -0.39 is 9.84 Å². The summed E-state index contributed by atoms with van der Waals surface area (Å²) in [6.45, 7) is 3.67. The summed E-state index contributed by atoms with van der Waals surface area (Å²) in [4.78, 5) is 0. The molecule has 0 aliphatic carbocycles. The van der Waals surface area contributed by atoms with Gasteiger partial charge in [0.05, 0.1) is 11.5 Å². The fourth-order valence-electron chi connectivity index (χ4n) is 1.71. The number of unbranched alkanes of at least 4 members (excludes halogenated alkanes) is 1. The highest BCUT2D eigenvalue weighted by Crippen LogP contribution is 2.17. The maximum absolute atomic E-state index is 11.2. The Bertz CT molecular complexity index is 328. The van der Waals surface area contributed by atoms with Crippen molar-refractivity contribution < 1.29 is 8.42 Å². The first-order valence-corrected chi connectivity index (χ1v) is 7.98. The van der Waals surface area contributed by atoms with Crippen molar-refractivity contribution in [2.75, 3.05) is 24.6 Å². The SMILES string of the molecule is CCCCNC(=S)NCC1CCS(=O)(=O)C1. The topological polar surface area (TPSA) is 58.2 Å². The average molecular weight is 264 g/mol. The van der Waals surface area contributed by atoms with E-state index in [0.717, 1.165) is 25.8 Å². The lowest BCUT2D eigenvalue weighted by atomic mass is 10.1. The Morgan fingerprint density at radius 3 is 2.75 bits per heavy atom. The summed E-state index contributed by atoms with van der Waals surface area (Å²) in [7, 11) is -2.77. The first kappa shape index (κ1) is 13.7. The zero-order valence-corrected chi connectivity index (χ0v) is 11.3. The molecule has 0 amide bonds. The number of nitrogens with one attached hydrogen (secondary N) is 2. The van der Waals surface area contributed by atoms with E-state index in [2.05, 4.69) is 17.6 Å². The average Bonchev–Trinajstić information content (AvgIpc) is 2.56. The number of thiocarbonyl (C=S) groups is 1. The van der Waals surface area contributed by atoms with Gasteiger partial charge in [0, 0.05) is 13.1 Å². The predicted molar refractivity (Wildman–Crippen MR) is 70.3 cm³/mol. The smallest absolute Gasteiger partial charge is 0.166 e. The zero-order valence-electron chi connectivity index (χ0n) is 9.66. The van der Waals surface area contributed by atoms with Crippen LogP contribution in [0.3, 0.4) is 0 Å². The molecule has 16 heavy (non-hydrogen) atoms. The molecule has 1 unspecified atom stereocenters. The van der Waals surface area contributed by atoms with Crippen molar-refractivity contribution >= 4 is 27.2 Å². The summed E-state index contributed by atoms with van der Waals surface area (Å²) in [5, 5.41) is 6.81. The van der Waals surface area contributed by atoms with Crippen molar-refractivity contribution in [3.05, 3.63) is 0 Å². The molecule has 0 aromatic heterocycles. The Labute approximate surface area is 103 Å². The molecule has 1 atom stereocenters. The minimum absolute atomic E-state index is 0.218. The van der Waals surface area contributed by atoms with Crippen LogP contribution < -0.4 is 10.6 Å². The molecule has 1 aliphatic rings. The van der Waals surface area contributed by atoms with E-state index in [0.29, 0.717) is 23.2 Å². The van der Waals surface area contributed by atoms with Gasteiger partial charge in [0.1, 0.15) is 0 Å². The van der Waals surface area contributed by atoms with Crippen molar-refractivity contribution in [1.82, 2.24) is 10.6 Å². The van der Waals surface area contributed by atoms with Gasteiger partial charge in [-0.15, -0.1) is 0 Å². The van der Waals surface area contributed by atoms with Gasteiger partial charge >= 0.3 is 0 Å². The van der Waals surface area contributed by atoms with Crippen LogP contribution in [0, 0.1) is 5.92 Å². The third-order valence-corrected chi connectivity index (χ3v) is 4.82. The lowest BCUT2D eigenvalue weighted by Crippen LogP contribution is -2.38. The fourth-order valence-corrected chi connectivity index (χ4v) is 3.76. The first-order valence-electron chi connectivity index (χ1n) is 5.75. The molecule has 1 heterocycles. The fraction of sp³-hybridized carbons (Fsp3) is 0.900. The second kappa shape index (κ2) is 6.39. The normalized spacial score (nSPS) is 22.9. The summed E-state index contributed by atoms with van der Waals surface area (Å²) in [6, 6.07) is 0. The summed E-state index contributed by atoms with van der Waals surface area (Å²) in [6.07, 6.45) is 2.99. The van der Waals surface area contributed by atoms with Gasteiger partial charge in [0.25, 0.3) is 0 Å². The highest BCUT2D eigenvalue weighted by molar-refractivity contribution is 7.91. The molecule has 1 saturated heterocycles. The van der Waals surface area contributed by atoms with E-state index in [1.54, 1.807) is 0 Å². The van der Waals surface area contributed by atoms with Crippen molar-refractivity contribution in [1.29, 1.82) is 0 Å². The van der Waals surface area contributed by atoms with Crippen LogP contribution in [0.4, 0.5) is 0 Å². The van der Waals surface area contributed by atoms with E-state index in [9.17, 15) is 8.42 Å². The Morgan fingerprint density at radius 1 is 1.44 bits per heavy atom. The van der Waals surface area contributed by atoms with Gasteiger partial charge < -0.3 is 10.6 Å². The molecule has 94 valence electrons. The Hall–Kier alpha value is -0.360. The number of hydrogen-bond acceptors (Lipinski definition) is 3. The molecular weight excluding hydrogens is 244 g/mol. The lowest BCUT2D eigenvalue weighted by molar-refractivity contribution is 0.569. The highest BCUT2D eigenvalue weighted by atomic mass is 32.2. The lowest BCUT2D eigenvalue weighted by Gasteiger charge is -2.12. The van der Waals surface area contributed by atoms with Crippen molar-refractivity contribution in [3.8, 4) is 0 Å². The second-order valence-electron chi connectivity index (χ2n) is 4.26. The first-order chi connectivity index (χ1) is 7.53. The molecule has 0 bridgehead atoms. The molecule has 4 nitrogen and oxygen atoms in total. The Kier molecular flexibility index (Phi) is 5.48. The van der Waals surface area contributed by atoms with Gasteiger partial charge in [0.15, 0.2) is 14.9 Å². The maximum Gasteiger partial charge on any atom is 0.166 e. The number of hydrogen-bond donors (Lipinski definition) is 2. The van der Waals surface area contributed by atoms with E-state index in [4.69, 9.17) is 12.2 Å². The molecule has 2 N–H and O–H groups in total. The van der Waals surface area contributed by atoms with Crippen LogP contribution in [0.15, 0.2) is 0 Å². The highest BCUT2D eigenvalue weighted by Gasteiger charge is 2.27. The van der Waals surface area contributed by atoms with Crippen LogP contribution in [0.25, 0.3) is 0 Å². The van der Waals surface area contributed by atoms with Crippen molar-refractivity contribution in [2.45, 2.75) is 26.2 Å². The third kappa shape index (κ3) is 5.12. The molecule has 6 heteroatoms. The van der Waals surface area contributed by atoms with Gasteiger partial charge in [-0.25, -0.2) is 8.42 Å². The van der Waals surface area contributed by atoms with E-state index in [1.807, 2.05) is 0 Å². The quantitative estimate of drug-likeness (QED) is 0.565. The van der Waals surface area contributed by atoms with Crippen LogP contribution in [-0.2, 0) is 9.84 Å². The largest absolute Gasteiger partial charge is 0.363 e. The number of rotatable bonds is 5. The van der Waals surface area contributed by atoms with Gasteiger partial charge in [-0.1, -0.05) is 13.3 Å². The Morgan fingerprint density at radius 2 is 2.19 bits per heavy atom. The summed E-state index contributed by atoms with van der Waals surface area (Å²) in [5.74, 6) is 0.850. The molecule has 0 aromatic rings. The summed E-state index contributed by atoms with van der Waals surface area (Å²) in [5.41, 5.74) is 0. The monoisotopic (exact) mass is 264 g/mol. The third-order valence-electron chi connectivity index (χ3n) is 2.69. The maximum atomic E-state index is 11.2.